The SMILES string of the molecule is NC1CCCC1NS(=O)(=O)C1CCCC1. The fourth-order valence-electron chi connectivity index (χ4n) is 2.64. The van der Waals surface area contributed by atoms with E-state index in [4.69, 9.17) is 5.73 Å². The van der Waals surface area contributed by atoms with E-state index in [0.29, 0.717) is 0 Å². The molecule has 0 aromatic carbocycles. The van der Waals surface area contributed by atoms with Crippen LogP contribution >= 0.6 is 0 Å². The molecule has 0 aromatic rings. The smallest absolute Gasteiger partial charge is 0.214 e. The van der Waals surface area contributed by atoms with Crippen LogP contribution in [0.3, 0.4) is 0 Å². The van der Waals surface area contributed by atoms with Crippen molar-refractivity contribution in [3.05, 3.63) is 0 Å². The molecule has 0 radical (unpaired) electrons. The molecule has 2 rings (SSSR count). The van der Waals surface area contributed by atoms with Gasteiger partial charge in [0.1, 0.15) is 0 Å². The first-order valence-electron chi connectivity index (χ1n) is 5.86. The van der Waals surface area contributed by atoms with Crippen molar-refractivity contribution >= 4 is 10.0 Å². The van der Waals surface area contributed by atoms with Crippen molar-refractivity contribution in [3.8, 4) is 0 Å². The second kappa shape index (κ2) is 4.39. The zero-order chi connectivity index (χ0) is 10.9. The van der Waals surface area contributed by atoms with Crippen molar-refractivity contribution in [2.75, 3.05) is 0 Å². The predicted molar refractivity (Wildman–Crippen MR) is 59.9 cm³/mol. The molecule has 2 aliphatic rings. The molecule has 0 aromatic heterocycles. The highest BCUT2D eigenvalue weighted by Gasteiger charge is 2.33. The second-order valence-corrected chi connectivity index (χ2v) is 6.76. The highest BCUT2D eigenvalue weighted by Crippen LogP contribution is 2.26. The van der Waals surface area contributed by atoms with E-state index in [1.165, 1.54) is 0 Å². The molecule has 0 heterocycles. The maximum atomic E-state index is 12.0. The average molecular weight is 232 g/mol. The number of nitrogens with one attached hydrogen (secondary N) is 1. The molecular weight excluding hydrogens is 212 g/mol. The highest BCUT2D eigenvalue weighted by molar-refractivity contribution is 7.90. The Kier molecular flexibility index (Phi) is 3.33. The van der Waals surface area contributed by atoms with Crippen LogP contribution in [0.4, 0.5) is 0 Å². The summed E-state index contributed by atoms with van der Waals surface area (Å²) < 4.78 is 26.7. The van der Waals surface area contributed by atoms with Crippen LogP contribution in [0.15, 0.2) is 0 Å². The maximum absolute atomic E-state index is 12.0. The monoisotopic (exact) mass is 232 g/mol. The Morgan fingerprint density at radius 3 is 2.20 bits per heavy atom. The van der Waals surface area contributed by atoms with E-state index in [9.17, 15) is 8.42 Å². The van der Waals surface area contributed by atoms with E-state index in [0.717, 1.165) is 44.9 Å². The molecule has 0 amide bonds. The van der Waals surface area contributed by atoms with Gasteiger partial charge in [-0.25, -0.2) is 13.1 Å². The summed E-state index contributed by atoms with van der Waals surface area (Å²) in [6.07, 6.45) is 6.60. The van der Waals surface area contributed by atoms with Crippen LogP contribution < -0.4 is 10.5 Å². The van der Waals surface area contributed by atoms with Gasteiger partial charge >= 0.3 is 0 Å². The van der Waals surface area contributed by atoms with E-state index in [1.807, 2.05) is 0 Å². The van der Waals surface area contributed by atoms with Crippen molar-refractivity contribution in [2.24, 2.45) is 5.73 Å². The minimum absolute atomic E-state index is 0.0150. The van der Waals surface area contributed by atoms with Crippen LogP contribution in [-0.4, -0.2) is 25.8 Å². The van der Waals surface area contributed by atoms with Crippen LogP contribution in [0.25, 0.3) is 0 Å². The van der Waals surface area contributed by atoms with Crippen molar-refractivity contribution in [2.45, 2.75) is 62.3 Å². The Hall–Kier alpha value is -0.130. The van der Waals surface area contributed by atoms with Crippen LogP contribution in [0.5, 0.6) is 0 Å². The molecule has 2 unspecified atom stereocenters. The lowest BCUT2D eigenvalue weighted by atomic mass is 10.2. The molecule has 4 nitrogen and oxygen atoms in total. The van der Waals surface area contributed by atoms with Crippen molar-refractivity contribution in [1.29, 1.82) is 0 Å². The fraction of sp³-hybridized carbons (Fsp3) is 1.00. The second-order valence-electron chi connectivity index (χ2n) is 4.77. The normalized spacial score (nSPS) is 33.7. The summed E-state index contributed by atoms with van der Waals surface area (Å²) in [6, 6.07) is -0.00298. The Morgan fingerprint density at radius 1 is 1.00 bits per heavy atom. The summed E-state index contributed by atoms with van der Waals surface area (Å²) in [5.74, 6) is 0. The largest absolute Gasteiger partial charge is 0.326 e. The van der Waals surface area contributed by atoms with E-state index in [2.05, 4.69) is 4.72 Å². The minimum atomic E-state index is -3.11. The number of sulfonamides is 1. The Labute approximate surface area is 91.7 Å². The summed E-state index contributed by atoms with van der Waals surface area (Å²) in [4.78, 5) is 0. The zero-order valence-electron chi connectivity index (χ0n) is 8.98. The molecule has 2 atom stereocenters. The van der Waals surface area contributed by atoms with E-state index in [-0.39, 0.29) is 17.3 Å². The van der Waals surface area contributed by atoms with Gasteiger partial charge in [0.25, 0.3) is 0 Å². The van der Waals surface area contributed by atoms with Gasteiger partial charge in [0, 0.05) is 12.1 Å². The first-order valence-corrected chi connectivity index (χ1v) is 7.41. The Morgan fingerprint density at radius 2 is 1.67 bits per heavy atom. The molecule has 3 N–H and O–H groups in total. The summed E-state index contributed by atoms with van der Waals surface area (Å²) in [5.41, 5.74) is 5.86. The molecule has 0 saturated heterocycles. The quantitative estimate of drug-likeness (QED) is 0.753. The van der Waals surface area contributed by atoms with Gasteiger partial charge in [0.05, 0.1) is 5.25 Å². The topological polar surface area (TPSA) is 72.2 Å². The zero-order valence-corrected chi connectivity index (χ0v) is 9.80. The van der Waals surface area contributed by atoms with Gasteiger partial charge in [-0.3, -0.25) is 0 Å². The van der Waals surface area contributed by atoms with Gasteiger partial charge in [-0.15, -0.1) is 0 Å². The Bertz CT molecular complexity index is 309. The lowest BCUT2D eigenvalue weighted by Crippen LogP contribution is -2.46. The van der Waals surface area contributed by atoms with E-state index < -0.39 is 10.0 Å². The molecule has 5 heteroatoms. The average Bonchev–Trinajstić information content (AvgIpc) is 2.77. The molecule has 0 spiro atoms. The van der Waals surface area contributed by atoms with Gasteiger partial charge < -0.3 is 5.73 Å². The highest BCUT2D eigenvalue weighted by atomic mass is 32.2. The number of rotatable bonds is 3. The number of hydrogen-bond acceptors (Lipinski definition) is 3. The predicted octanol–water partition coefficient (Wildman–Crippen LogP) is 0.728. The third kappa shape index (κ3) is 2.52. The third-order valence-electron chi connectivity index (χ3n) is 3.63. The molecule has 2 aliphatic carbocycles. The van der Waals surface area contributed by atoms with Gasteiger partial charge in [0.2, 0.25) is 10.0 Å². The summed E-state index contributed by atoms with van der Waals surface area (Å²) >= 11 is 0. The third-order valence-corrected chi connectivity index (χ3v) is 5.61. The molecular formula is C10H20N2O2S. The summed E-state index contributed by atoms with van der Waals surface area (Å²) in [6.45, 7) is 0. The van der Waals surface area contributed by atoms with Gasteiger partial charge in [-0.05, 0) is 25.7 Å². The van der Waals surface area contributed by atoms with Gasteiger partial charge in [-0.2, -0.15) is 0 Å². The van der Waals surface area contributed by atoms with Crippen molar-refractivity contribution < 1.29 is 8.42 Å². The molecule has 2 fully saturated rings. The first kappa shape index (κ1) is 11.4. The van der Waals surface area contributed by atoms with E-state index >= 15 is 0 Å². The maximum Gasteiger partial charge on any atom is 0.214 e. The van der Waals surface area contributed by atoms with Crippen LogP contribution in [0.1, 0.15) is 44.9 Å². The molecule has 15 heavy (non-hydrogen) atoms. The van der Waals surface area contributed by atoms with Crippen LogP contribution in [-0.2, 0) is 10.0 Å². The molecule has 88 valence electrons. The van der Waals surface area contributed by atoms with Gasteiger partial charge in [-0.1, -0.05) is 19.3 Å². The molecule has 2 saturated carbocycles. The number of nitrogens with two attached hydrogens (primary N) is 1. The lowest BCUT2D eigenvalue weighted by Gasteiger charge is -2.20. The minimum Gasteiger partial charge on any atom is -0.326 e. The Balaban J connectivity index is 1.97. The summed E-state index contributed by atoms with van der Waals surface area (Å²) in [5, 5.41) is -0.162. The first-order chi connectivity index (χ1) is 7.09. The fourth-order valence-corrected chi connectivity index (χ4v) is 4.50. The van der Waals surface area contributed by atoms with E-state index in [1.54, 1.807) is 0 Å². The van der Waals surface area contributed by atoms with Crippen molar-refractivity contribution in [3.63, 3.8) is 0 Å². The molecule has 0 bridgehead atoms. The number of hydrogen-bond donors (Lipinski definition) is 2. The lowest BCUT2D eigenvalue weighted by molar-refractivity contribution is 0.512. The van der Waals surface area contributed by atoms with Gasteiger partial charge in [0.15, 0.2) is 0 Å². The van der Waals surface area contributed by atoms with Crippen LogP contribution in [0, 0.1) is 0 Å². The van der Waals surface area contributed by atoms with Crippen LogP contribution in [0.2, 0.25) is 0 Å². The van der Waals surface area contributed by atoms with Crippen molar-refractivity contribution in [1.82, 2.24) is 4.72 Å². The standard InChI is InChI=1S/C10H20N2O2S/c11-9-6-3-7-10(9)12-15(13,14)8-4-1-2-5-8/h8-10,12H,1-7,11H2. The summed E-state index contributed by atoms with van der Waals surface area (Å²) in [7, 11) is -3.11. The molecule has 0 aliphatic heterocycles.